The highest BCUT2D eigenvalue weighted by Crippen LogP contribution is 2.24. The molecule has 1 saturated heterocycles. The van der Waals surface area contributed by atoms with Gasteiger partial charge in [0, 0.05) is 38.8 Å². The molecule has 2 rings (SSSR count). The Morgan fingerprint density at radius 1 is 1.12 bits per heavy atom. The minimum atomic E-state index is -4.75. The molecule has 6 nitrogen and oxygen atoms in total. The van der Waals surface area contributed by atoms with Gasteiger partial charge in [0.2, 0.25) is 11.8 Å². The van der Waals surface area contributed by atoms with E-state index >= 15 is 0 Å². The third kappa shape index (κ3) is 5.91. The van der Waals surface area contributed by atoms with Crippen molar-refractivity contribution in [3.63, 3.8) is 0 Å². The molecule has 1 N–H and O–H groups in total. The Morgan fingerprint density at radius 3 is 2.35 bits per heavy atom. The van der Waals surface area contributed by atoms with E-state index in [2.05, 4.69) is 10.1 Å². The maximum absolute atomic E-state index is 12.4. The summed E-state index contributed by atoms with van der Waals surface area (Å²) in [6.07, 6.45) is -3.97. The third-order valence-corrected chi connectivity index (χ3v) is 4.26. The predicted molar refractivity (Wildman–Crippen MR) is 89.7 cm³/mol. The molecule has 1 aromatic rings. The lowest BCUT2D eigenvalue weighted by atomic mass is 10.2. The number of ether oxygens (including phenoxy) is 1. The van der Waals surface area contributed by atoms with E-state index in [1.54, 1.807) is 11.8 Å². The predicted octanol–water partition coefficient (Wildman–Crippen LogP) is 2.47. The Balaban J connectivity index is 1.91. The first kappa shape index (κ1) is 20.0. The molecule has 1 fully saturated rings. The van der Waals surface area contributed by atoms with E-state index < -0.39 is 12.4 Å². The fourth-order valence-electron chi connectivity index (χ4n) is 2.79. The van der Waals surface area contributed by atoms with Crippen LogP contribution in [0.3, 0.4) is 0 Å². The SMILES string of the molecule is CC(=O)N1CCCN([C@@H](C)C(=O)Nc2ccc(OC(F)(F)F)cc2)CC1. The summed E-state index contributed by atoms with van der Waals surface area (Å²) in [4.78, 5) is 27.6. The van der Waals surface area contributed by atoms with Crippen LogP contribution in [0.1, 0.15) is 20.3 Å². The number of nitrogens with zero attached hydrogens (tertiary/aromatic N) is 2. The first-order valence-corrected chi connectivity index (χ1v) is 8.32. The third-order valence-electron chi connectivity index (χ3n) is 4.26. The lowest BCUT2D eigenvalue weighted by Crippen LogP contribution is -2.44. The number of alkyl halides is 3. The molecular formula is C17H22F3N3O3. The van der Waals surface area contributed by atoms with Crippen LogP contribution in [0.15, 0.2) is 24.3 Å². The van der Waals surface area contributed by atoms with Crippen molar-refractivity contribution in [3.05, 3.63) is 24.3 Å². The first-order chi connectivity index (χ1) is 12.2. The number of nitrogens with one attached hydrogen (secondary N) is 1. The Hall–Kier alpha value is -2.29. The summed E-state index contributed by atoms with van der Waals surface area (Å²) in [5, 5.41) is 2.69. The van der Waals surface area contributed by atoms with Crippen molar-refractivity contribution in [2.45, 2.75) is 32.7 Å². The number of anilines is 1. The van der Waals surface area contributed by atoms with Crippen molar-refractivity contribution in [1.29, 1.82) is 0 Å². The molecule has 9 heteroatoms. The maximum atomic E-state index is 12.4. The van der Waals surface area contributed by atoms with Crippen LogP contribution < -0.4 is 10.1 Å². The molecular weight excluding hydrogens is 351 g/mol. The van der Waals surface area contributed by atoms with Gasteiger partial charge in [0.1, 0.15) is 5.75 Å². The summed E-state index contributed by atoms with van der Waals surface area (Å²) in [6.45, 7) is 5.80. The van der Waals surface area contributed by atoms with Crippen LogP contribution in [0.4, 0.5) is 18.9 Å². The summed E-state index contributed by atoms with van der Waals surface area (Å²) in [5.41, 5.74) is 0.386. The van der Waals surface area contributed by atoms with Crippen molar-refractivity contribution >= 4 is 17.5 Å². The van der Waals surface area contributed by atoms with Crippen molar-refractivity contribution < 1.29 is 27.5 Å². The number of rotatable bonds is 4. The van der Waals surface area contributed by atoms with Crippen LogP contribution in [0, 0.1) is 0 Å². The summed E-state index contributed by atoms with van der Waals surface area (Å²) in [7, 11) is 0. The number of carbonyl (C=O) groups is 2. The Labute approximate surface area is 149 Å². The number of benzene rings is 1. The monoisotopic (exact) mass is 373 g/mol. The maximum Gasteiger partial charge on any atom is 0.573 e. The van der Waals surface area contributed by atoms with E-state index in [9.17, 15) is 22.8 Å². The summed E-state index contributed by atoms with van der Waals surface area (Å²) in [6, 6.07) is 4.57. The Kier molecular flexibility index (Phi) is 6.47. The van der Waals surface area contributed by atoms with E-state index in [4.69, 9.17) is 0 Å². The number of halogens is 3. The molecule has 1 aliphatic rings. The van der Waals surface area contributed by atoms with Crippen molar-refractivity contribution in [2.24, 2.45) is 0 Å². The second-order valence-corrected chi connectivity index (χ2v) is 6.13. The molecule has 26 heavy (non-hydrogen) atoms. The largest absolute Gasteiger partial charge is 0.573 e. The lowest BCUT2D eigenvalue weighted by Gasteiger charge is -2.26. The molecule has 1 heterocycles. The molecule has 0 saturated carbocycles. The molecule has 1 atom stereocenters. The fraction of sp³-hybridized carbons (Fsp3) is 0.529. The van der Waals surface area contributed by atoms with E-state index in [1.807, 2.05) is 4.90 Å². The Bertz CT molecular complexity index is 634. The minimum Gasteiger partial charge on any atom is -0.406 e. The van der Waals surface area contributed by atoms with Crippen LogP contribution in [0.25, 0.3) is 0 Å². The van der Waals surface area contributed by atoms with Gasteiger partial charge in [0.25, 0.3) is 0 Å². The topological polar surface area (TPSA) is 61.9 Å². The van der Waals surface area contributed by atoms with Gasteiger partial charge in [-0.25, -0.2) is 0 Å². The molecule has 0 bridgehead atoms. The van der Waals surface area contributed by atoms with Gasteiger partial charge in [-0.2, -0.15) is 0 Å². The second-order valence-electron chi connectivity index (χ2n) is 6.13. The molecule has 0 unspecified atom stereocenters. The Morgan fingerprint density at radius 2 is 1.77 bits per heavy atom. The molecule has 0 radical (unpaired) electrons. The van der Waals surface area contributed by atoms with Gasteiger partial charge in [-0.3, -0.25) is 14.5 Å². The highest BCUT2D eigenvalue weighted by Gasteiger charge is 2.31. The molecule has 1 aliphatic heterocycles. The van der Waals surface area contributed by atoms with E-state index in [0.29, 0.717) is 31.9 Å². The van der Waals surface area contributed by atoms with Crippen LogP contribution in [0.2, 0.25) is 0 Å². The van der Waals surface area contributed by atoms with Gasteiger partial charge in [-0.1, -0.05) is 0 Å². The fourth-order valence-corrected chi connectivity index (χ4v) is 2.79. The first-order valence-electron chi connectivity index (χ1n) is 8.32. The van der Waals surface area contributed by atoms with Gasteiger partial charge in [0.15, 0.2) is 0 Å². The molecule has 2 amide bonds. The average molecular weight is 373 g/mol. The highest BCUT2D eigenvalue weighted by atomic mass is 19.4. The normalized spacial score (nSPS) is 17.3. The van der Waals surface area contributed by atoms with Crippen LogP contribution >= 0.6 is 0 Å². The van der Waals surface area contributed by atoms with E-state index in [-0.39, 0.29) is 17.6 Å². The van der Waals surface area contributed by atoms with Crippen molar-refractivity contribution in [3.8, 4) is 5.75 Å². The van der Waals surface area contributed by atoms with Gasteiger partial charge in [-0.15, -0.1) is 13.2 Å². The minimum absolute atomic E-state index is 0.0186. The van der Waals surface area contributed by atoms with Gasteiger partial charge in [0.05, 0.1) is 6.04 Å². The average Bonchev–Trinajstić information content (AvgIpc) is 2.80. The zero-order valence-corrected chi connectivity index (χ0v) is 14.7. The van der Waals surface area contributed by atoms with Gasteiger partial charge < -0.3 is 15.0 Å². The van der Waals surface area contributed by atoms with Gasteiger partial charge in [-0.05, 0) is 37.6 Å². The molecule has 144 valence electrons. The quantitative estimate of drug-likeness (QED) is 0.881. The number of carbonyl (C=O) groups excluding carboxylic acids is 2. The summed E-state index contributed by atoms with van der Waals surface area (Å²) < 4.78 is 40.3. The highest BCUT2D eigenvalue weighted by molar-refractivity contribution is 5.94. The van der Waals surface area contributed by atoms with Crippen LogP contribution in [-0.4, -0.2) is 60.2 Å². The standard InChI is InChI=1S/C17H22F3N3O3/c1-12(22-8-3-9-23(11-10-22)13(2)24)16(25)21-14-4-6-15(7-5-14)26-17(18,19)20/h4-7,12H,3,8-11H2,1-2H3,(H,21,25)/t12-/m0/s1. The number of amides is 2. The molecule has 1 aromatic carbocycles. The smallest absolute Gasteiger partial charge is 0.406 e. The zero-order chi connectivity index (χ0) is 19.3. The van der Waals surface area contributed by atoms with E-state index in [0.717, 1.165) is 18.6 Å². The molecule has 0 aromatic heterocycles. The summed E-state index contributed by atoms with van der Waals surface area (Å²) >= 11 is 0. The second kappa shape index (κ2) is 8.39. The summed E-state index contributed by atoms with van der Waals surface area (Å²) in [5.74, 6) is -0.587. The molecule has 0 aliphatic carbocycles. The lowest BCUT2D eigenvalue weighted by molar-refractivity contribution is -0.274. The number of hydrogen-bond acceptors (Lipinski definition) is 4. The van der Waals surface area contributed by atoms with Crippen molar-refractivity contribution in [1.82, 2.24) is 9.80 Å². The van der Waals surface area contributed by atoms with E-state index in [1.165, 1.54) is 19.1 Å². The number of hydrogen-bond donors (Lipinski definition) is 1. The van der Waals surface area contributed by atoms with Crippen LogP contribution in [0.5, 0.6) is 5.75 Å². The van der Waals surface area contributed by atoms with Crippen molar-refractivity contribution in [2.75, 3.05) is 31.5 Å². The van der Waals surface area contributed by atoms with Gasteiger partial charge >= 0.3 is 6.36 Å². The van der Waals surface area contributed by atoms with Crippen LogP contribution in [-0.2, 0) is 9.59 Å². The molecule has 0 spiro atoms. The zero-order valence-electron chi connectivity index (χ0n) is 14.7.